The molecule has 0 amide bonds. The predicted octanol–water partition coefficient (Wildman–Crippen LogP) is 5.29. The quantitative estimate of drug-likeness (QED) is 0.774. The van der Waals surface area contributed by atoms with Crippen molar-refractivity contribution in [1.82, 2.24) is 0 Å². The van der Waals surface area contributed by atoms with Crippen molar-refractivity contribution in [2.24, 2.45) is 5.73 Å². The van der Waals surface area contributed by atoms with Gasteiger partial charge in [-0.3, -0.25) is 0 Å². The molecule has 0 bridgehead atoms. The molecule has 0 fully saturated rings. The fourth-order valence-corrected chi connectivity index (χ4v) is 3.88. The van der Waals surface area contributed by atoms with Crippen LogP contribution < -0.4 is 5.73 Å². The highest BCUT2D eigenvalue weighted by molar-refractivity contribution is 5.62. The second-order valence-electron chi connectivity index (χ2n) is 6.85. The molecule has 0 saturated carbocycles. The van der Waals surface area contributed by atoms with Crippen molar-refractivity contribution in [1.29, 1.82) is 5.26 Å². The third-order valence-corrected chi connectivity index (χ3v) is 5.16. The van der Waals surface area contributed by atoms with E-state index in [2.05, 4.69) is 6.07 Å². The van der Waals surface area contributed by atoms with Gasteiger partial charge in [0.05, 0.1) is 5.92 Å². The number of allylic oxidation sites excluding steroid dienone is 3. The summed E-state index contributed by atoms with van der Waals surface area (Å²) in [6, 6.07) is 14.9. The van der Waals surface area contributed by atoms with Gasteiger partial charge in [-0.1, -0.05) is 36.4 Å². The summed E-state index contributed by atoms with van der Waals surface area (Å²) in [5, 5.41) is 9.63. The molecule has 0 spiro atoms. The minimum atomic E-state index is -0.598. The Balaban J connectivity index is 1.88. The lowest BCUT2D eigenvalue weighted by atomic mass is 9.76. The zero-order valence-corrected chi connectivity index (χ0v) is 15.1. The van der Waals surface area contributed by atoms with Crippen LogP contribution in [0.5, 0.6) is 0 Å². The van der Waals surface area contributed by atoms with Crippen molar-refractivity contribution in [3.05, 3.63) is 99.7 Å². The normalized spacial score (nSPS) is 20.6. The van der Waals surface area contributed by atoms with Crippen LogP contribution in [0.1, 0.15) is 36.3 Å². The van der Waals surface area contributed by atoms with E-state index in [9.17, 15) is 14.0 Å². The van der Waals surface area contributed by atoms with E-state index in [-0.39, 0.29) is 17.3 Å². The standard InChI is InChI=1S/C23H18F2N2O/c24-19-10-3-1-6-14(19)12-15-7-5-9-17-21(16-8-2-4-11-20(16)25)18(13-26)23(27)28-22(15)17/h1-4,6,8,10-12,21H,5,7,9,27H2. The first-order chi connectivity index (χ1) is 13.6. The SMILES string of the molecule is N#CC1=C(N)OC2=C(CCCC2=Cc2ccccc2F)C1c1ccccc1F. The van der Waals surface area contributed by atoms with E-state index in [4.69, 9.17) is 10.5 Å². The lowest BCUT2D eigenvalue weighted by molar-refractivity contribution is 0.276. The lowest BCUT2D eigenvalue weighted by Gasteiger charge is -2.33. The Hall–Kier alpha value is -3.39. The molecule has 3 nitrogen and oxygen atoms in total. The first-order valence-electron chi connectivity index (χ1n) is 9.10. The van der Waals surface area contributed by atoms with E-state index in [1.54, 1.807) is 42.5 Å². The molecule has 1 heterocycles. The topological polar surface area (TPSA) is 59.0 Å². The van der Waals surface area contributed by atoms with Gasteiger partial charge in [0.1, 0.15) is 29.0 Å². The highest BCUT2D eigenvalue weighted by Gasteiger charge is 2.36. The zero-order chi connectivity index (χ0) is 19.7. The zero-order valence-electron chi connectivity index (χ0n) is 15.1. The molecular formula is C23H18F2N2O. The van der Waals surface area contributed by atoms with Crippen molar-refractivity contribution >= 4 is 6.08 Å². The molecule has 4 rings (SSSR count). The minimum absolute atomic E-state index is 0.0316. The van der Waals surface area contributed by atoms with Gasteiger partial charge in [-0.25, -0.2) is 8.78 Å². The number of ether oxygens (including phenoxy) is 1. The molecule has 2 aromatic rings. The Bertz CT molecular complexity index is 1080. The van der Waals surface area contributed by atoms with Crippen LogP contribution in [-0.4, -0.2) is 0 Å². The molecule has 0 saturated heterocycles. The number of benzene rings is 2. The largest absolute Gasteiger partial charge is 0.440 e. The number of nitriles is 1. The molecule has 5 heteroatoms. The molecule has 0 radical (unpaired) electrons. The molecule has 0 aromatic heterocycles. The van der Waals surface area contributed by atoms with Gasteiger partial charge in [0, 0.05) is 11.1 Å². The number of hydrogen-bond donors (Lipinski definition) is 1. The number of halogens is 2. The van der Waals surface area contributed by atoms with Crippen molar-refractivity contribution in [3.63, 3.8) is 0 Å². The van der Waals surface area contributed by atoms with Crippen LogP contribution in [0.4, 0.5) is 8.78 Å². The third kappa shape index (κ3) is 3.07. The first-order valence-corrected chi connectivity index (χ1v) is 9.10. The second kappa shape index (κ2) is 7.32. The van der Waals surface area contributed by atoms with Crippen molar-refractivity contribution < 1.29 is 13.5 Å². The Morgan fingerprint density at radius 2 is 1.75 bits per heavy atom. The van der Waals surface area contributed by atoms with Gasteiger partial charge in [0.2, 0.25) is 5.88 Å². The maximum Gasteiger partial charge on any atom is 0.205 e. The van der Waals surface area contributed by atoms with E-state index in [0.717, 1.165) is 17.6 Å². The molecule has 2 aliphatic rings. The van der Waals surface area contributed by atoms with Crippen LogP contribution in [0, 0.1) is 23.0 Å². The smallest absolute Gasteiger partial charge is 0.205 e. The average Bonchev–Trinajstić information content (AvgIpc) is 2.70. The van der Waals surface area contributed by atoms with Crippen molar-refractivity contribution in [2.45, 2.75) is 25.2 Å². The number of hydrogen-bond acceptors (Lipinski definition) is 3. The fraction of sp³-hybridized carbons (Fsp3) is 0.174. The molecule has 1 unspecified atom stereocenters. The van der Waals surface area contributed by atoms with E-state index < -0.39 is 11.7 Å². The molecule has 1 aliphatic carbocycles. The van der Waals surface area contributed by atoms with Crippen LogP contribution in [0.3, 0.4) is 0 Å². The van der Waals surface area contributed by atoms with Gasteiger partial charge in [0.25, 0.3) is 0 Å². The molecular weight excluding hydrogens is 358 g/mol. The maximum absolute atomic E-state index is 14.6. The van der Waals surface area contributed by atoms with E-state index >= 15 is 0 Å². The van der Waals surface area contributed by atoms with Gasteiger partial charge >= 0.3 is 0 Å². The maximum atomic E-state index is 14.6. The van der Waals surface area contributed by atoms with E-state index in [1.165, 1.54) is 12.1 Å². The fourth-order valence-electron chi connectivity index (χ4n) is 3.88. The van der Waals surface area contributed by atoms with E-state index in [0.29, 0.717) is 29.7 Å². The molecule has 2 aromatic carbocycles. The van der Waals surface area contributed by atoms with E-state index in [1.807, 2.05) is 0 Å². The third-order valence-electron chi connectivity index (χ3n) is 5.16. The van der Waals surface area contributed by atoms with Crippen molar-refractivity contribution in [2.75, 3.05) is 0 Å². The summed E-state index contributed by atoms with van der Waals surface area (Å²) in [4.78, 5) is 0. The lowest BCUT2D eigenvalue weighted by Crippen LogP contribution is -2.24. The summed E-state index contributed by atoms with van der Waals surface area (Å²) in [5.41, 5.74) is 8.69. The van der Waals surface area contributed by atoms with Gasteiger partial charge in [-0.05, 0) is 48.6 Å². The van der Waals surface area contributed by atoms with Crippen LogP contribution >= 0.6 is 0 Å². The second-order valence-corrected chi connectivity index (χ2v) is 6.85. The molecule has 28 heavy (non-hydrogen) atoms. The Morgan fingerprint density at radius 3 is 2.46 bits per heavy atom. The summed E-state index contributed by atoms with van der Waals surface area (Å²) in [6.45, 7) is 0. The van der Waals surface area contributed by atoms with Gasteiger partial charge in [-0.15, -0.1) is 0 Å². The first kappa shape index (κ1) is 18.0. The minimum Gasteiger partial charge on any atom is -0.440 e. The Labute approximate surface area is 162 Å². The van der Waals surface area contributed by atoms with Gasteiger partial charge in [0.15, 0.2) is 0 Å². The van der Waals surface area contributed by atoms with Gasteiger partial charge < -0.3 is 10.5 Å². The summed E-state index contributed by atoms with van der Waals surface area (Å²) in [6.07, 6.45) is 3.88. The highest BCUT2D eigenvalue weighted by Crippen LogP contribution is 2.47. The Morgan fingerprint density at radius 1 is 1.04 bits per heavy atom. The Kier molecular flexibility index (Phi) is 4.70. The number of nitrogens with two attached hydrogens (primary N) is 1. The van der Waals surface area contributed by atoms with Crippen LogP contribution in [0.25, 0.3) is 6.08 Å². The predicted molar refractivity (Wildman–Crippen MR) is 102 cm³/mol. The van der Waals surface area contributed by atoms with Crippen LogP contribution in [0.15, 0.2) is 76.9 Å². The molecule has 140 valence electrons. The summed E-state index contributed by atoms with van der Waals surface area (Å²) in [5.74, 6) is -0.827. The van der Waals surface area contributed by atoms with Crippen molar-refractivity contribution in [3.8, 4) is 6.07 Å². The van der Waals surface area contributed by atoms with Crippen LogP contribution in [-0.2, 0) is 4.74 Å². The van der Waals surface area contributed by atoms with Crippen LogP contribution in [0.2, 0.25) is 0 Å². The molecule has 2 N–H and O–H groups in total. The van der Waals surface area contributed by atoms with Gasteiger partial charge in [-0.2, -0.15) is 5.26 Å². The summed E-state index contributed by atoms with van der Waals surface area (Å²) >= 11 is 0. The number of rotatable bonds is 2. The number of nitrogens with zero attached hydrogens (tertiary/aromatic N) is 1. The monoisotopic (exact) mass is 376 g/mol. The molecule has 1 aliphatic heterocycles. The highest BCUT2D eigenvalue weighted by atomic mass is 19.1. The average molecular weight is 376 g/mol. The summed E-state index contributed by atoms with van der Waals surface area (Å²) < 4.78 is 34.5. The summed E-state index contributed by atoms with van der Waals surface area (Å²) in [7, 11) is 0. The molecule has 1 atom stereocenters.